The lowest BCUT2D eigenvalue weighted by molar-refractivity contribution is -0.0534. The van der Waals surface area contributed by atoms with E-state index in [-0.39, 0.29) is 6.61 Å². The van der Waals surface area contributed by atoms with Crippen LogP contribution in [0.1, 0.15) is 6.23 Å². The Labute approximate surface area is 108 Å². The van der Waals surface area contributed by atoms with Gasteiger partial charge in [-0.15, -0.1) is 0 Å². The molecule has 3 N–H and O–H groups in total. The Kier molecular flexibility index (Phi) is 3.66. The van der Waals surface area contributed by atoms with Crippen molar-refractivity contribution in [3.05, 3.63) is 32.9 Å². The first-order chi connectivity index (χ1) is 8.45. The highest BCUT2D eigenvalue weighted by atomic mass is 79.9. The molecule has 9 heteroatoms. The zero-order valence-electron chi connectivity index (χ0n) is 8.92. The summed E-state index contributed by atoms with van der Waals surface area (Å²) in [5.41, 5.74) is -2.04. The van der Waals surface area contributed by atoms with Crippen LogP contribution in [-0.2, 0) is 4.74 Å². The minimum Gasteiger partial charge on any atom is -0.394 e. The first-order valence-electron chi connectivity index (χ1n) is 5.05. The molecule has 2 rings (SSSR count). The summed E-state index contributed by atoms with van der Waals surface area (Å²) in [4.78, 5) is 23.5. The normalized spacial score (nSPS) is 31.8. The van der Waals surface area contributed by atoms with Crippen LogP contribution in [0.3, 0.4) is 0 Å². The summed E-state index contributed by atoms with van der Waals surface area (Å²) in [5.74, 6) is -1.16. The summed E-state index contributed by atoms with van der Waals surface area (Å²) >= 11 is 3.11. The third-order valence-corrected chi connectivity index (χ3v) is 3.80. The van der Waals surface area contributed by atoms with Crippen LogP contribution < -0.4 is 11.2 Å². The number of aliphatic hydroxyl groups is 2. The molecule has 4 atom stereocenters. The van der Waals surface area contributed by atoms with Gasteiger partial charge in [0.1, 0.15) is 6.10 Å². The lowest BCUT2D eigenvalue weighted by atomic mass is 10.2. The van der Waals surface area contributed by atoms with Gasteiger partial charge in [-0.2, -0.15) is 4.39 Å². The molecule has 100 valence electrons. The number of aromatic amines is 1. The second-order valence-corrected chi connectivity index (χ2v) is 4.88. The molecule has 1 aliphatic heterocycles. The highest BCUT2D eigenvalue weighted by Crippen LogP contribution is 2.32. The molecule has 1 fully saturated rings. The number of hydrogen-bond donors (Lipinski definition) is 3. The molecule has 0 aromatic carbocycles. The Hall–Kier alpha value is -1.03. The fourth-order valence-electron chi connectivity index (χ4n) is 1.74. The van der Waals surface area contributed by atoms with Crippen molar-refractivity contribution in [2.75, 3.05) is 6.61 Å². The van der Waals surface area contributed by atoms with E-state index in [1.54, 1.807) is 4.98 Å². The van der Waals surface area contributed by atoms with Crippen molar-refractivity contribution in [2.45, 2.75) is 23.3 Å². The number of nitrogens with one attached hydrogen (secondary N) is 1. The van der Waals surface area contributed by atoms with E-state index in [1.165, 1.54) is 0 Å². The van der Waals surface area contributed by atoms with Crippen LogP contribution in [0.15, 0.2) is 15.8 Å². The lowest BCUT2D eigenvalue weighted by Crippen LogP contribution is -2.37. The van der Waals surface area contributed by atoms with Crippen LogP contribution in [-0.4, -0.2) is 43.4 Å². The molecule has 0 aliphatic carbocycles. The average molecular weight is 325 g/mol. The second-order valence-electron chi connectivity index (χ2n) is 3.83. The predicted octanol–water partition coefficient (Wildman–Crippen LogP) is -1.31. The van der Waals surface area contributed by atoms with Gasteiger partial charge < -0.3 is 14.9 Å². The number of halogens is 2. The fourth-order valence-corrected chi connectivity index (χ4v) is 2.29. The zero-order chi connectivity index (χ0) is 13.4. The number of rotatable bonds is 2. The summed E-state index contributed by atoms with van der Waals surface area (Å²) in [5, 5.41) is 18.8. The molecule has 7 nitrogen and oxygen atoms in total. The van der Waals surface area contributed by atoms with Gasteiger partial charge in [0.2, 0.25) is 5.82 Å². The van der Waals surface area contributed by atoms with Gasteiger partial charge in [0.05, 0.1) is 23.7 Å². The Balaban J connectivity index is 2.42. The van der Waals surface area contributed by atoms with Gasteiger partial charge in [0.25, 0.3) is 5.56 Å². The minimum absolute atomic E-state index is 0.371. The Morgan fingerprint density at radius 1 is 1.56 bits per heavy atom. The molecule has 0 amide bonds. The van der Waals surface area contributed by atoms with Gasteiger partial charge in [-0.3, -0.25) is 14.3 Å². The monoisotopic (exact) mass is 324 g/mol. The molecule has 18 heavy (non-hydrogen) atoms. The van der Waals surface area contributed by atoms with Crippen LogP contribution in [0.25, 0.3) is 0 Å². The molecule has 0 bridgehead atoms. The van der Waals surface area contributed by atoms with Gasteiger partial charge in [-0.25, -0.2) is 4.79 Å². The van der Waals surface area contributed by atoms with Crippen LogP contribution >= 0.6 is 15.9 Å². The SMILES string of the molecule is O=c1[nH]c(=O)n([C@@H]2O[C@H](CO)[C@@H](Br)[C@@H]2O)cc1F. The molecule has 1 aromatic rings. The number of aliphatic hydroxyl groups excluding tert-OH is 2. The first-order valence-corrected chi connectivity index (χ1v) is 5.96. The van der Waals surface area contributed by atoms with E-state index in [2.05, 4.69) is 15.9 Å². The van der Waals surface area contributed by atoms with E-state index < -0.39 is 40.3 Å². The number of ether oxygens (including phenoxy) is 1. The predicted molar refractivity (Wildman–Crippen MR) is 61.0 cm³/mol. The summed E-state index contributed by atoms with van der Waals surface area (Å²) in [6, 6.07) is 0. The van der Waals surface area contributed by atoms with Crippen molar-refractivity contribution in [1.82, 2.24) is 9.55 Å². The molecule has 1 aliphatic rings. The summed E-state index contributed by atoms with van der Waals surface area (Å²) < 4.78 is 19.1. The molecule has 0 spiro atoms. The minimum atomic E-state index is -1.18. The first kappa shape index (κ1) is 13.4. The van der Waals surface area contributed by atoms with Gasteiger partial charge >= 0.3 is 5.69 Å². The number of nitrogens with zero attached hydrogens (tertiary/aromatic N) is 1. The maximum atomic E-state index is 13.1. The van der Waals surface area contributed by atoms with Gasteiger partial charge in [0, 0.05) is 0 Å². The van der Waals surface area contributed by atoms with E-state index in [1.807, 2.05) is 0 Å². The van der Waals surface area contributed by atoms with E-state index in [0.717, 1.165) is 4.57 Å². The lowest BCUT2D eigenvalue weighted by Gasteiger charge is -2.16. The fraction of sp³-hybridized carbons (Fsp3) is 0.556. The van der Waals surface area contributed by atoms with Crippen LogP contribution in [0.2, 0.25) is 0 Å². The number of aromatic nitrogens is 2. The molecule has 0 saturated carbocycles. The van der Waals surface area contributed by atoms with Crippen molar-refractivity contribution >= 4 is 15.9 Å². The number of alkyl halides is 1. The molecule has 0 radical (unpaired) electrons. The quantitative estimate of drug-likeness (QED) is 0.586. The summed E-state index contributed by atoms with van der Waals surface area (Å²) in [7, 11) is 0. The Bertz CT molecular complexity index is 559. The van der Waals surface area contributed by atoms with Crippen LogP contribution in [0.4, 0.5) is 4.39 Å². The maximum Gasteiger partial charge on any atom is 0.330 e. The van der Waals surface area contributed by atoms with E-state index in [0.29, 0.717) is 6.20 Å². The molecular weight excluding hydrogens is 315 g/mol. The molecule has 1 saturated heterocycles. The summed E-state index contributed by atoms with van der Waals surface area (Å²) in [6.45, 7) is -0.371. The molecule has 1 aromatic heterocycles. The Morgan fingerprint density at radius 2 is 2.22 bits per heavy atom. The van der Waals surface area contributed by atoms with Crippen molar-refractivity contribution in [3.8, 4) is 0 Å². The van der Waals surface area contributed by atoms with Crippen molar-refractivity contribution in [1.29, 1.82) is 0 Å². The molecular formula is C9H10BrFN2O5. The molecule has 0 unspecified atom stereocenters. The van der Waals surface area contributed by atoms with E-state index in [9.17, 15) is 19.1 Å². The number of hydrogen-bond acceptors (Lipinski definition) is 5. The third-order valence-electron chi connectivity index (χ3n) is 2.67. The van der Waals surface area contributed by atoms with Crippen LogP contribution in [0, 0.1) is 5.82 Å². The summed E-state index contributed by atoms with van der Waals surface area (Å²) in [6.07, 6.45) is -2.41. The van der Waals surface area contributed by atoms with Gasteiger partial charge in [-0.1, -0.05) is 15.9 Å². The maximum absolute atomic E-state index is 13.1. The van der Waals surface area contributed by atoms with Crippen molar-refractivity contribution in [3.63, 3.8) is 0 Å². The average Bonchev–Trinajstić information content (AvgIpc) is 2.61. The van der Waals surface area contributed by atoms with E-state index >= 15 is 0 Å². The van der Waals surface area contributed by atoms with E-state index in [4.69, 9.17) is 9.84 Å². The zero-order valence-corrected chi connectivity index (χ0v) is 10.5. The largest absolute Gasteiger partial charge is 0.394 e. The smallest absolute Gasteiger partial charge is 0.330 e. The number of H-pyrrole nitrogens is 1. The highest BCUT2D eigenvalue weighted by Gasteiger charge is 2.43. The standard InChI is InChI=1S/C9H10BrFN2O5/c10-5-4(2-14)18-8(6(5)15)13-1-3(11)7(16)12-9(13)17/h1,4-6,8,14-15H,2H2,(H,12,16,17)/t4-,5-,6+,8-/m1/s1. The molecule has 2 heterocycles. The highest BCUT2D eigenvalue weighted by molar-refractivity contribution is 9.09. The van der Waals surface area contributed by atoms with Crippen molar-refractivity contribution in [2.24, 2.45) is 0 Å². The van der Waals surface area contributed by atoms with Gasteiger partial charge in [0.15, 0.2) is 6.23 Å². The van der Waals surface area contributed by atoms with Gasteiger partial charge in [-0.05, 0) is 0 Å². The second kappa shape index (κ2) is 4.92. The topological polar surface area (TPSA) is 105 Å². The third kappa shape index (κ3) is 2.14. The van der Waals surface area contributed by atoms with Crippen LogP contribution in [0.5, 0.6) is 0 Å². The Morgan fingerprint density at radius 3 is 2.78 bits per heavy atom. The van der Waals surface area contributed by atoms with Crippen molar-refractivity contribution < 1.29 is 19.3 Å².